The molecule has 80 valence electrons. The maximum atomic E-state index is 11.0. The van der Waals surface area contributed by atoms with E-state index >= 15 is 0 Å². The molecule has 0 bridgehead atoms. The second-order valence-corrected chi connectivity index (χ2v) is 4.42. The van der Waals surface area contributed by atoms with E-state index in [1.54, 1.807) is 0 Å². The summed E-state index contributed by atoms with van der Waals surface area (Å²) in [5.41, 5.74) is 0. The molecule has 14 heavy (non-hydrogen) atoms. The quantitative estimate of drug-likeness (QED) is 0.753. The SMILES string of the molecule is CCO[C@@H]1CC[C@H]2[C@@H]1CC[C@@H]2C(=O)O. The molecule has 0 amide bonds. The van der Waals surface area contributed by atoms with E-state index in [1.807, 2.05) is 6.92 Å². The molecule has 0 heterocycles. The molecular weight excluding hydrogens is 180 g/mol. The molecule has 0 aromatic carbocycles. The van der Waals surface area contributed by atoms with Gasteiger partial charge in [-0.1, -0.05) is 0 Å². The Kier molecular flexibility index (Phi) is 2.77. The molecule has 0 aromatic rings. The van der Waals surface area contributed by atoms with Crippen LogP contribution in [0, 0.1) is 17.8 Å². The van der Waals surface area contributed by atoms with Crippen LogP contribution in [0.4, 0.5) is 0 Å². The van der Waals surface area contributed by atoms with Crippen LogP contribution in [0.5, 0.6) is 0 Å². The molecule has 0 aromatic heterocycles. The number of aliphatic carboxylic acids is 1. The number of carbonyl (C=O) groups is 1. The van der Waals surface area contributed by atoms with E-state index in [4.69, 9.17) is 9.84 Å². The van der Waals surface area contributed by atoms with E-state index in [0.29, 0.717) is 17.9 Å². The zero-order chi connectivity index (χ0) is 10.1. The molecule has 0 unspecified atom stereocenters. The van der Waals surface area contributed by atoms with Gasteiger partial charge in [0.1, 0.15) is 0 Å². The standard InChI is InChI=1S/C11H18O3/c1-2-14-10-6-5-7-8(10)3-4-9(7)11(12)13/h7-10H,2-6H2,1H3,(H,12,13)/t7-,8-,9-,10+/m0/s1. The van der Waals surface area contributed by atoms with Crippen LogP contribution in [-0.4, -0.2) is 23.8 Å². The van der Waals surface area contributed by atoms with Crippen molar-refractivity contribution >= 4 is 5.97 Å². The fraction of sp³-hybridized carbons (Fsp3) is 0.909. The first kappa shape index (κ1) is 9.97. The molecule has 0 aliphatic heterocycles. The first-order valence-electron chi connectivity index (χ1n) is 5.58. The second kappa shape index (κ2) is 3.89. The van der Waals surface area contributed by atoms with Gasteiger partial charge in [-0.15, -0.1) is 0 Å². The van der Waals surface area contributed by atoms with Crippen LogP contribution in [0.25, 0.3) is 0 Å². The van der Waals surface area contributed by atoms with Crippen molar-refractivity contribution < 1.29 is 14.6 Å². The van der Waals surface area contributed by atoms with Gasteiger partial charge in [-0.2, -0.15) is 0 Å². The molecule has 0 saturated heterocycles. The second-order valence-electron chi connectivity index (χ2n) is 4.42. The summed E-state index contributed by atoms with van der Waals surface area (Å²) in [6.45, 7) is 2.77. The summed E-state index contributed by atoms with van der Waals surface area (Å²) >= 11 is 0. The van der Waals surface area contributed by atoms with Crippen LogP contribution in [-0.2, 0) is 9.53 Å². The monoisotopic (exact) mass is 198 g/mol. The van der Waals surface area contributed by atoms with Gasteiger partial charge in [0, 0.05) is 6.61 Å². The van der Waals surface area contributed by atoms with Crippen molar-refractivity contribution in [1.29, 1.82) is 0 Å². The van der Waals surface area contributed by atoms with E-state index in [-0.39, 0.29) is 5.92 Å². The first-order valence-corrected chi connectivity index (χ1v) is 5.58. The van der Waals surface area contributed by atoms with Crippen LogP contribution >= 0.6 is 0 Å². The lowest BCUT2D eigenvalue weighted by Crippen LogP contribution is -2.22. The lowest BCUT2D eigenvalue weighted by atomic mass is 9.92. The highest BCUT2D eigenvalue weighted by Crippen LogP contribution is 2.48. The smallest absolute Gasteiger partial charge is 0.306 e. The summed E-state index contributed by atoms with van der Waals surface area (Å²) < 4.78 is 5.65. The zero-order valence-corrected chi connectivity index (χ0v) is 8.61. The lowest BCUT2D eigenvalue weighted by molar-refractivity contribution is -0.143. The topological polar surface area (TPSA) is 46.5 Å². The summed E-state index contributed by atoms with van der Waals surface area (Å²) in [6.07, 6.45) is 4.36. The minimum atomic E-state index is -0.602. The van der Waals surface area contributed by atoms with Crippen molar-refractivity contribution in [2.75, 3.05) is 6.61 Å². The number of hydrogen-bond acceptors (Lipinski definition) is 2. The Bertz CT molecular complexity index is 227. The fourth-order valence-corrected chi connectivity index (χ4v) is 3.27. The molecule has 2 rings (SSSR count). The van der Waals surface area contributed by atoms with Gasteiger partial charge in [-0.25, -0.2) is 0 Å². The molecule has 0 spiro atoms. The van der Waals surface area contributed by atoms with Crippen molar-refractivity contribution in [3.63, 3.8) is 0 Å². The minimum absolute atomic E-state index is 0.0922. The van der Waals surface area contributed by atoms with Gasteiger partial charge < -0.3 is 9.84 Å². The Balaban J connectivity index is 2.00. The third kappa shape index (κ3) is 1.54. The summed E-state index contributed by atoms with van der Waals surface area (Å²) in [4.78, 5) is 11.0. The highest BCUT2D eigenvalue weighted by Gasteiger charge is 2.47. The molecular formula is C11H18O3. The number of ether oxygens (including phenoxy) is 1. The van der Waals surface area contributed by atoms with Crippen LogP contribution < -0.4 is 0 Å². The van der Waals surface area contributed by atoms with Gasteiger partial charge in [-0.05, 0) is 44.4 Å². The van der Waals surface area contributed by atoms with Gasteiger partial charge in [0.25, 0.3) is 0 Å². The van der Waals surface area contributed by atoms with Crippen molar-refractivity contribution in [3.8, 4) is 0 Å². The molecule has 4 atom stereocenters. The van der Waals surface area contributed by atoms with E-state index in [9.17, 15) is 4.79 Å². The molecule has 3 nitrogen and oxygen atoms in total. The van der Waals surface area contributed by atoms with Crippen molar-refractivity contribution in [2.45, 2.75) is 38.7 Å². The molecule has 2 aliphatic rings. The van der Waals surface area contributed by atoms with E-state index in [1.165, 1.54) is 0 Å². The number of rotatable bonds is 3. The summed E-state index contributed by atoms with van der Waals surface area (Å²) in [5, 5.41) is 9.04. The minimum Gasteiger partial charge on any atom is -0.481 e. The summed E-state index contributed by atoms with van der Waals surface area (Å²) in [5.74, 6) is 0.222. The Labute approximate surface area is 84.4 Å². The fourth-order valence-electron chi connectivity index (χ4n) is 3.27. The first-order chi connectivity index (χ1) is 6.74. The van der Waals surface area contributed by atoms with Gasteiger partial charge in [-0.3, -0.25) is 4.79 Å². The number of carboxylic acids is 1. The average molecular weight is 198 g/mol. The van der Waals surface area contributed by atoms with Crippen molar-refractivity contribution in [3.05, 3.63) is 0 Å². The van der Waals surface area contributed by atoms with Crippen LogP contribution in [0.15, 0.2) is 0 Å². The van der Waals surface area contributed by atoms with Crippen molar-refractivity contribution in [1.82, 2.24) is 0 Å². The number of hydrogen-bond donors (Lipinski definition) is 1. The molecule has 2 fully saturated rings. The largest absolute Gasteiger partial charge is 0.481 e. The van der Waals surface area contributed by atoms with Crippen LogP contribution in [0.2, 0.25) is 0 Å². The summed E-state index contributed by atoms with van der Waals surface area (Å²) in [6, 6.07) is 0. The molecule has 2 aliphatic carbocycles. The van der Waals surface area contributed by atoms with Gasteiger partial charge >= 0.3 is 5.97 Å². The average Bonchev–Trinajstić information content (AvgIpc) is 2.67. The maximum Gasteiger partial charge on any atom is 0.306 e. The predicted octanol–water partition coefficient (Wildman–Crippen LogP) is 1.91. The third-order valence-electron chi connectivity index (χ3n) is 3.84. The van der Waals surface area contributed by atoms with Crippen molar-refractivity contribution in [2.24, 2.45) is 17.8 Å². The Morgan fingerprint density at radius 1 is 1.29 bits per heavy atom. The predicted molar refractivity (Wildman–Crippen MR) is 52.0 cm³/mol. The van der Waals surface area contributed by atoms with Crippen LogP contribution in [0.1, 0.15) is 32.6 Å². The Morgan fingerprint density at radius 2 is 2.00 bits per heavy atom. The highest BCUT2D eigenvalue weighted by molar-refractivity contribution is 5.70. The third-order valence-corrected chi connectivity index (χ3v) is 3.84. The molecule has 0 radical (unpaired) electrons. The van der Waals surface area contributed by atoms with Crippen LogP contribution in [0.3, 0.4) is 0 Å². The Hall–Kier alpha value is -0.570. The zero-order valence-electron chi connectivity index (χ0n) is 8.61. The van der Waals surface area contributed by atoms with E-state index < -0.39 is 5.97 Å². The number of carboxylic acid groups (broad SMARTS) is 1. The summed E-state index contributed by atoms with van der Waals surface area (Å²) in [7, 11) is 0. The van der Waals surface area contributed by atoms with E-state index in [2.05, 4.69) is 0 Å². The molecule has 2 saturated carbocycles. The lowest BCUT2D eigenvalue weighted by Gasteiger charge is -2.18. The molecule has 3 heteroatoms. The highest BCUT2D eigenvalue weighted by atomic mass is 16.5. The van der Waals surface area contributed by atoms with E-state index in [0.717, 1.165) is 32.3 Å². The van der Waals surface area contributed by atoms with Gasteiger partial charge in [0.05, 0.1) is 12.0 Å². The van der Waals surface area contributed by atoms with Gasteiger partial charge in [0.2, 0.25) is 0 Å². The normalized spacial score (nSPS) is 41.2. The molecule has 1 N–H and O–H groups in total. The maximum absolute atomic E-state index is 11.0. The Morgan fingerprint density at radius 3 is 2.64 bits per heavy atom. The van der Waals surface area contributed by atoms with Gasteiger partial charge in [0.15, 0.2) is 0 Å². The number of fused-ring (bicyclic) bond motifs is 1.